The summed E-state index contributed by atoms with van der Waals surface area (Å²) in [6.07, 6.45) is 3.30. The number of fused-ring (bicyclic) bond motifs is 1. The molecule has 0 saturated heterocycles. The quantitative estimate of drug-likeness (QED) is 0.812. The van der Waals surface area contributed by atoms with Crippen molar-refractivity contribution in [3.8, 4) is 0 Å². The molecule has 19 heavy (non-hydrogen) atoms. The number of benzene rings is 1. The van der Waals surface area contributed by atoms with Gasteiger partial charge in [-0.15, -0.1) is 0 Å². The van der Waals surface area contributed by atoms with Gasteiger partial charge in [-0.25, -0.2) is 4.98 Å². The molecule has 0 aliphatic heterocycles. The van der Waals surface area contributed by atoms with Crippen molar-refractivity contribution in [3.63, 3.8) is 0 Å². The van der Waals surface area contributed by atoms with E-state index < -0.39 is 0 Å². The monoisotopic (exact) mass is 260 g/mol. The zero-order valence-corrected chi connectivity index (χ0v) is 11.5. The zero-order chi connectivity index (χ0) is 13.7. The van der Waals surface area contributed by atoms with Crippen LogP contribution in [0.15, 0.2) is 22.6 Å². The fourth-order valence-corrected chi connectivity index (χ4v) is 2.14. The molecule has 102 valence electrons. The highest BCUT2D eigenvalue weighted by atomic mass is 16.3. The second-order valence-electron chi connectivity index (χ2n) is 4.70. The molecule has 0 saturated carbocycles. The first-order valence-electron chi connectivity index (χ1n) is 6.82. The Morgan fingerprint density at radius 3 is 3.05 bits per heavy atom. The molecule has 4 nitrogen and oxygen atoms in total. The maximum Gasteiger partial charge on any atom is 0.219 e. The molecule has 1 N–H and O–H groups in total. The number of oxazole rings is 1. The lowest BCUT2D eigenvalue weighted by atomic mass is 10.1. The van der Waals surface area contributed by atoms with Gasteiger partial charge in [-0.3, -0.25) is 4.79 Å². The number of carbonyl (C=O) groups excluding carboxylic acids is 1. The van der Waals surface area contributed by atoms with Crippen molar-refractivity contribution < 1.29 is 9.21 Å². The predicted octanol–water partition coefficient (Wildman–Crippen LogP) is 2.99. The van der Waals surface area contributed by atoms with Gasteiger partial charge < -0.3 is 9.73 Å². The minimum atomic E-state index is 0.135. The van der Waals surface area contributed by atoms with E-state index in [1.54, 1.807) is 0 Å². The Morgan fingerprint density at radius 2 is 2.26 bits per heavy atom. The first-order valence-corrected chi connectivity index (χ1v) is 6.82. The van der Waals surface area contributed by atoms with Crippen LogP contribution in [-0.2, 0) is 11.2 Å². The summed E-state index contributed by atoms with van der Waals surface area (Å²) >= 11 is 0. The molecule has 1 aromatic heterocycles. The molecule has 1 aromatic carbocycles. The molecular formula is C15H20N2O2. The van der Waals surface area contributed by atoms with Gasteiger partial charge in [0.2, 0.25) is 5.91 Å². The minimum Gasteiger partial charge on any atom is -0.441 e. The second kappa shape index (κ2) is 6.36. The standard InChI is InChI=1S/C15H20N2O2/c1-3-6-14(18)16-10-5-8-12-7-4-9-13-15(12)19-11(2)17-13/h4,7,9H,3,5-6,8,10H2,1-2H3,(H,16,18). The molecule has 4 heteroatoms. The van der Waals surface area contributed by atoms with Gasteiger partial charge in [0.05, 0.1) is 0 Å². The number of rotatable bonds is 6. The lowest BCUT2D eigenvalue weighted by Gasteiger charge is -2.04. The van der Waals surface area contributed by atoms with E-state index >= 15 is 0 Å². The second-order valence-corrected chi connectivity index (χ2v) is 4.70. The van der Waals surface area contributed by atoms with Crippen LogP contribution in [0.3, 0.4) is 0 Å². The number of hydrogen-bond donors (Lipinski definition) is 1. The van der Waals surface area contributed by atoms with Crippen LogP contribution in [-0.4, -0.2) is 17.4 Å². The van der Waals surface area contributed by atoms with Crippen molar-refractivity contribution in [2.75, 3.05) is 6.54 Å². The summed E-state index contributed by atoms with van der Waals surface area (Å²) < 4.78 is 5.62. The van der Waals surface area contributed by atoms with Crippen LogP contribution in [0.2, 0.25) is 0 Å². The number of aryl methyl sites for hydroxylation is 2. The van der Waals surface area contributed by atoms with Crippen molar-refractivity contribution in [1.29, 1.82) is 0 Å². The summed E-state index contributed by atoms with van der Waals surface area (Å²) in [5, 5.41) is 2.92. The zero-order valence-electron chi connectivity index (χ0n) is 11.5. The number of nitrogens with zero attached hydrogens (tertiary/aromatic N) is 1. The highest BCUT2D eigenvalue weighted by Gasteiger charge is 2.07. The van der Waals surface area contributed by atoms with Crippen LogP contribution in [0.4, 0.5) is 0 Å². The van der Waals surface area contributed by atoms with Gasteiger partial charge in [-0.05, 0) is 30.9 Å². The third-order valence-corrected chi connectivity index (χ3v) is 3.03. The van der Waals surface area contributed by atoms with E-state index in [0.717, 1.165) is 35.9 Å². The van der Waals surface area contributed by atoms with Gasteiger partial charge in [0, 0.05) is 19.9 Å². The molecule has 1 heterocycles. The third kappa shape index (κ3) is 3.56. The lowest BCUT2D eigenvalue weighted by molar-refractivity contribution is -0.121. The maximum absolute atomic E-state index is 11.3. The maximum atomic E-state index is 11.3. The summed E-state index contributed by atoms with van der Waals surface area (Å²) in [6, 6.07) is 6.01. The molecule has 0 aliphatic carbocycles. The van der Waals surface area contributed by atoms with Gasteiger partial charge in [-0.2, -0.15) is 0 Å². The van der Waals surface area contributed by atoms with Crippen molar-refractivity contribution in [3.05, 3.63) is 29.7 Å². The molecule has 0 spiro atoms. The van der Waals surface area contributed by atoms with Gasteiger partial charge in [0.1, 0.15) is 5.52 Å². The number of amides is 1. The van der Waals surface area contributed by atoms with E-state index in [9.17, 15) is 4.79 Å². The summed E-state index contributed by atoms with van der Waals surface area (Å²) in [5.74, 6) is 0.829. The Hall–Kier alpha value is -1.84. The van der Waals surface area contributed by atoms with Crippen molar-refractivity contribution >= 4 is 17.0 Å². The van der Waals surface area contributed by atoms with Crippen LogP contribution in [0.1, 0.15) is 37.6 Å². The molecular weight excluding hydrogens is 240 g/mol. The topological polar surface area (TPSA) is 55.1 Å². The van der Waals surface area contributed by atoms with Crippen LogP contribution in [0.5, 0.6) is 0 Å². The molecule has 2 rings (SSSR count). The molecule has 0 atom stereocenters. The van der Waals surface area contributed by atoms with Crippen molar-refractivity contribution in [2.24, 2.45) is 0 Å². The van der Waals surface area contributed by atoms with Gasteiger partial charge in [-0.1, -0.05) is 19.1 Å². The number of hydrogen-bond acceptors (Lipinski definition) is 3. The summed E-state index contributed by atoms with van der Waals surface area (Å²) in [7, 11) is 0. The largest absolute Gasteiger partial charge is 0.441 e. The summed E-state index contributed by atoms with van der Waals surface area (Å²) in [4.78, 5) is 15.6. The van der Waals surface area contributed by atoms with E-state index in [-0.39, 0.29) is 5.91 Å². The van der Waals surface area contributed by atoms with Crippen LogP contribution in [0.25, 0.3) is 11.1 Å². The Morgan fingerprint density at radius 1 is 1.42 bits per heavy atom. The Kier molecular flexibility index (Phi) is 4.55. The third-order valence-electron chi connectivity index (χ3n) is 3.03. The van der Waals surface area contributed by atoms with Gasteiger partial charge >= 0.3 is 0 Å². The average Bonchev–Trinajstić information content (AvgIpc) is 2.76. The average molecular weight is 260 g/mol. The lowest BCUT2D eigenvalue weighted by Crippen LogP contribution is -2.24. The van der Waals surface area contributed by atoms with E-state index in [2.05, 4.69) is 16.4 Å². The number of nitrogens with one attached hydrogen (secondary N) is 1. The van der Waals surface area contributed by atoms with E-state index in [1.165, 1.54) is 0 Å². The Balaban J connectivity index is 1.89. The first-order chi connectivity index (χ1) is 9.20. The fraction of sp³-hybridized carbons (Fsp3) is 0.467. The normalized spacial score (nSPS) is 10.8. The van der Waals surface area contributed by atoms with Gasteiger partial charge in [0.15, 0.2) is 11.5 Å². The van der Waals surface area contributed by atoms with E-state index in [1.807, 2.05) is 26.0 Å². The molecule has 0 radical (unpaired) electrons. The fourth-order valence-electron chi connectivity index (χ4n) is 2.14. The van der Waals surface area contributed by atoms with Crippen molar-refractivity contribution in [2.45, 2.75) is 39.5 Å². The molecule has 1 amide bonds. The van der Waals surface area contributed by atoms with E-state index in [0.29, 0.717) is 18.9 Å². The number of aromatic nitrogens is 1. The SMILES string of the molecule is CCCC(=O)NCCCc1cccc2nc(C)oc12. The highest BCUT2D eigenvalue weighted by Crippen LogP contribution is 2.20. The van der Waals surface area contributed by atoms with Crippen LogP contribution in [0, 0.1) is 6.92 Å². The Bertz CT molecular complexity index is 560. The molecule has 0 fully saturated rings. The predicted molar refractivity (Wildman–Crippen MR) is 75.0 cm³/mol. The molecule has 2 aromatic rings. The Labute approximate surface area is 113 Å². The van der Waals surface area contributed by atoms with Gasteiger partial charge in [0.25, 0.3) is 0 Å². The van der Waals surface area contributed by atoms with E-state index in [4.69, 9.17) is 4.42 Å². The first kappa shape index (κ1) is 13.6. The van der Waals surface area contributed by atoms with Crippen LogP contribution < -0.4 is 5.32 Å². The minimum absolute atomic E-state index is 0.135. The smallest absolute Gasteiger partial charge is 0.219 e. The summed E-state index contributed by atoms with van der Waals surface area (Å²) in [5.41, 5.74) is 2.94. The summed E-state index contributed by atoms with van der Waals surface area (Å²) in [6.45, 7) is 4.57. The molecule has 0 bridgehead atoms. The number of carbonyl (C=O) groups is 1. The number of para-hydroxylation sites is 1. The van der Waals surface area contributed by atoms with Crippen LogP contribution >= 0.6 is 0 Å². The molecule has 0 aliphatic rings. The van der Waals surface area contributed by atoms with Crippen molar-refractivity contribution in [1.82, 2.24) is 10.3 Å². The molecule has 0 unspecified atom stereocenters. The highest BCUT2D eigenvalue weighted by molar-refractivity contribution is 5.76.